The van der Waals surface area contributed by atoms with Crippen molar-refractivity contribution < 1.29 is 14.3 Å². The van der Waals surface area contributed by atoms with Crippen molar-refractivity contribution >= 4 is 40.7 Å². The monoisotopic (exact) mass is 345 g/mol. The molecular weight excluding hydrogens is 325 g/mol. The number of carbonyl (C=O) groups is 1. The third-order valence-electron chi connectivity index (χ3n) is 2.70. The second kappa shape index (κ2) is 10.7. The molecule has 0 aliphatic carbocycles. The third-order valence-corrected chi connectivity index (χ3v) is 3.22. The smallest absolute Gasteiger partial charge is 0.272 e. The average molecular weight is 347 g/mol. The molecule has 0 unspecified atom stereocenters. The second-order valence-corrected chi connectivity index (χ2v) is 6.62. The molecule has 0 aromatic carbocycles. The Kier molecular flexibility index (Phi) is 10.7. The van der Waals surface area contributed by atoms with Crippen LogP contribution >= 0.6 is 34.8 Å². The topological polar surface area (TPSA) is 47.6 Å². The molecule has 0 fully saturated rings. The number of unbranched alkanes of at least 4 members (excludes halogenated alkanes) is 2. The van der Waals surface area contributed by atoms with E-state index < -0.39 is 15.7 Å². The van der Waals surface area contributed by atoms with Gasteiger partial charge in [-0.2, -0.15) is 0 Å². The predicted octanol–water partition coefficient (Wildman–Crippen LogP) is 3.60. The molecule has 0 rings (SSSR count). The summed E-state index contributed by atoms with van der Waals surface area (Å²) < 4.78 is 8.46. The van der Waals surface area contributed by atoms with Gasteiger partial charge in [-0.3, -0.25) is 4.79 Å². The Labute approximate surface area is 135 Å². The van der Waals surface area contributed by atoms with Gasteiger partial charge >= 0.3 is 0 Å². The lowest BCUT2D eigenvalue weighted by Gasteiger charge is -2.26. The molecule has 0 aromatic rings. The largest absolute Gasteiger partial charge is 0.359 e. The fourth-order valence-electron chi connectivity index (χ4n) is 1.65. The average Bonchev–Trinajstić information content (AvgIpc) is 2.39. The van der Waals surface area contributed by atoms with Crippen LogP contribution in [0.25, 0.3) is 0 Å². The summed E-state index contributed by atoms with van der Waals surface area (Å²) in [7, 11) is 1.53. The van der Waals surface area contributed by atoms with Crippen molar-refractivity contribution in [3.63, 3.8) is 0 Å². The summed E-state index contributed by atoms with van der Waals surface area (Å²) in [4.78, 5) is 11.7. The van der Waals surface area contributed by atoms with Crippen molar-refractivity contribution in [1.29, 1.82) is 0 Å². The minimum atomic E-state index is -2.00. The van der Waals surface area contributed by atoms with E-state index in [1.54, 1.807) is 6.08 Å². The zero-order valence-electron chi connectivity index (χ0n) is 11.8. The highest BCUT2D eigenvalue weighted by molar-refractivity contribution is 6.76. The molecule has 0 aliphatic heterocycles. The molecule has 20 heavy (non-hydrogen) atoms. The molecule has 2 atom stereocenters. The summed E-state index contributed by atoms with van der Waals surface area (Å²) in [6.07, 6.45) is 5.20. The van der Waals surface area contributed by atoms with Gasteiger partial charge in [-0.25, -0.2) is 0 Å². The summed E-state index contributed by atoms with van der Waals surface area (Å²) in [5.41, 5.74) is 0. The maximum Gasteiger partial charge on any atom is 0.272 e. The summed E-state index contributed by atoms with van der Waals surface area (Å²) in [6, 6.07) is -0.440. The molecule has 0 aliphatic rings. The van der Waals surface area contributed by atoms with Gasteiger partial charge in [0, 0.05) is 7.11 Å². The third kappa shape index (κ3) is 8.32. The molecule has 0 saturated heterocycles. The highest BCUT2D eigenvalue weighted by Crippen LogP contribution is 2.26. The molecule has 1 amide bonds. The maximum absolute atomic E-state index is 11.7. The fraction of sp³-hybridized carbons (Fsp3) is 0.769. The van der Waals surface area contributed by atoms with Gasteiger partial charge in [-0.15, -0.1) is 6.58 Å². The number of methoxy groups -OCH3 is 1. The van der Waals surface area contributed by atoms with Gasteiger partial charge in [-0.05, 0) is 6.42 Å². The zero-order valence-corrected chi connectivity index (χ0v) is 14.1. The van der Waals surface area contributed by atoms with Gasteiger partial charge in [0.1, 0.15) is 6.79 Å². The Hall–Kier alpha value is -0.0000000000000000416. The van der Waals surface area contributed by atoms with Crippen LogP contribution in [0.5, 0.6) is 0 Å². The van der Waals surface area contributed by atoms with E-state index in [1.165, 1.54) is 7.11 Å². The molecule has 0 radical (unpaired) electrons. The van der Waals surface area contributed by atoms with E-state index in [4.69, 9.17) is 44.3 Å². The Morgan fingerprint density at radius 1 is 1.40 bits per heavy atom. The van der Waals surface area contributed by atoms with Crippen molar-refractivity contribution in [2.24, 2.45) is 0 Å². The van der Waals surface area contributed by atoms with E-state index in [9.17, 15) is 4.79 Å². The Morgan fingerprint density at radius 3 is 2.50 bits per heavy atom. The highest BCUT2D eigenvalue weighted by Gasteiger charge is 2.33. The standard InChI is InChI=1S/C13H22Cl3NO3/c1-4-6-7-8-11(20-9-19-3)10(5-2)17-12(18)13(14,15)16/h5,10-11H,2,4,6-9H2,1,3H3,(H,17,18)/t10-,11+/m1/s1. The molecule has 0 saturated carbocycles. The van der Waals surface area contributed by atoms with E-state index in [0.717, 1.165) is 25.7 Å². The maximum atomic E-state index is 11.7. The molecule has 0 spiro atoms. The first kappa shape index (κ1) is 20.0. The normalized spacial score (nSPS) is 14.7. The van der Waals surface area contributed by atoms with Crippen molar-refractivity contribution in [1.82, 2.24) is 5.32 Å². The van der Waals surface area contributed by atoms with Crippen LogP contribution in [0.4, 0.5) is 0 Å². The van der Waals surface area contributed by atoms with Crippen LogP contribution in [0.3, 0.4) is 0 Å². The Balaban J connectivity index is 4.62. The molecule has 7 heteroatoms. The first-order valence-electron chi connectivity index (χ1n) is 6.47. The van der Waals surface area contributed by atoms with Gasteiger partial charge in [-0.1, -0.05) is 67.1 Å². The first-order chi connectivity index (χ1) is 9.36. The molecule has 0 aromatic heterocycles. The van der Waals surface area contributed by atoms with Crippen LogP contribution in [0.2, 0.25) is 0 Å². The number of hydrogen-bond acceptors (Lipinski definition) is 3. The van der Waals surface area contributed by atoms with E-state index in [1.807, 2.05) is 0 Å². The van der Waals surface area contributed by atoms with Gasteiger partial charge in [0.05, 0.1) is 12.1 Å². The molecule has 0 heterocycles. The fourth-order valence-corrected chi connectivity index (χ4v) is 1.82. The minimum absolute atomic E-state index is 0.130. The lowest BCUT2D eigenvalue weighted by molar-refractivity contribution is -0.123. The number of rotatable bonds is 10. The lowest BCUT2D eigenvalue weighted by atomic mass is 10.0. The molecule has 4 nitrogen and oxygen atoms in total. The van der Waals surface area contributed by atoms with E-state index >= 15 is 0 Å². The van der Waals surface area contributed by atoms with Crippen LogP contribution < -0.4 is 5.32 Å². The van der Waals surface area contributed by atoms with Crippen molar-refractivity contribution in [3.05, 3.63) is 12.7 Å². The summed E-state index contributed by atoms with van der Waals surface area (Å²) in [6.45, 7) is 5.93. The van der Waals surface area contributed by atoms with Crippen LogP contribution in [0.15, 0.2) is 12.7 Å². The number of hydrogen-bond donors (Lipinski definition) is 1. The van der Waals surface area contributed by atoms with E-state index in [-0.39, 0.29) is 12.9 Å². The SMILES string of the molecule is C=C[C@@H](NC(=O)C(Cl)(Cl)Cl)[C@H](CCCCC)OCOC. The molecular formula is C13H22Cl3NO3. The van der Waals surface area contributed by atoms with E-state index in [0.29, 0.717) is 0 Å². The van der Waals surface area contributed by atoms with Crippen LogP contribution in [0, 0.1) is 0 Å². The van der Waals surface area contributed by atoms with E-state index in [2.05, 4.69) is 18.8 Å². The molecule has 1 N–H and O–H groups in total. The van der Waals surface area contributed by atoms with Gasteiger partial charge in [0.15, 0.2) is 0 Å². The Bertz CT molecular complexity index is 295. The van der Waals surface area contributed by atoms with Crippen molar-refractivity contribution in [2.45, 2.75) is 48.5 Å². The van der Waals surface area contributed by atoms with Crippen LogP contribution in [-0.2, 0) is 14.3 Å². The zero-order chi connectivity index (χ0) is 15.6. The van der Waals surface area contributed by atoms with Crippen molar-refractivity contribution in [3.8, 4) is 0 Å². The highest BCUT2D eigenvalue weighted by atomic mass is 35.6. The minimum Gasteiger partial charge on any atom is -0.359 e. The lowest BCUT2D eigenvalue weighted by Crippen LogP contribution is -2.47. The van der Waals surface area contributed by atoms with Gasteiger partial charge in [0.2, 0.25) is 0 Å². The van der Waals surface area contributed by atoms with Gasteiger partial charge in [0.25, 0.3) is 9.70 Å². The van der Waals surface area contributed by atoms with Crippen molar-refractivity contribution in [2.75, 3.05) is 13.9 Å². The second-order valence-electron chi connectivity index (χ2n) is 4.34. The summed E-state index contributed by atoms with van der Waals surface area (Å²) >= 11 is 16.6. The number of alkyl halides is 3. The summed E-state index contributed by atoms with van der Waals surface area (Å²) in [5.74, 6) is -0.700. The summed E-state index contributed by atoms with van der Waals surface area (Å²) in [5, 5.41) is 2.61. The first-order valence-corrected chi connectivity index (χ1v) is 7.61. The number of nitrogens with one attached hydrogen (secondary N) is 1. The van der Waals surface area contributed by atoms with Crippen LogP contribution in [-0.4, -0.2) is 35.7 Å². The predicted molar refractivity (Wildman–Crippen MR) is 83.3 cm³/mol. The number of halogens is 3. The number of ether oxygens (including phenoxy) is 2. The number of amides is 1. The molecule has 0 bridgehead atoms. The molecule has 118 valence electrons. The van der Waals surface area contributed by atoms with Gasteiger partial charge < -0.3 is 14.8 Å². The Morgan fingerprint density at radius 2 is 2.05 bits per heavy atom. The number of carbonyl (C=O) groups excluding carboxylic acids is 1. The van der Waals surface area contributed by atoms with Crippen LogP contribution in [0.1, 0.15) is 32.6 Å². The quantitative estimate of drug-likeness (QED) is 0.284.